The van der Waals surface area contributed by atoms with Crippen LogP contribution in [0.15, 0.2) is 66.4 Å². The molecule has 1 saturated heterocycles. The summed E-state index contributed by atoms with van der Waals surface area (Å²) in [6.45, 7) is 11.5. The van der Waals surface area contributed by atoms with Crippen LogP contribution in [-0.4, -0.2) is 69.2 Å². The molecule has 0 saturated carbocycles. The van der Waals surface area contributed by atoms with Crippen LogP contribution in [-0.2, 0) is 6.54 Å². The van der Waals surface area contributed by atoms with Crippen molar-refractivity contribution in [2.75, 3.05) is 53.6 Å². The van der Waals surface area contributed by atoms with Gasteiger partial charge in [-0.05, 0) is 56.8 Å². The molecule has 230 valence electrons. The Labute approximate surface area is 266 Å². The van der Waals surface area contributed by atoms with Gasteiger partial charge in [-0.3, -0.25) is 9.78 Å². The Bertz CT molecular complexity index is 1830. The number of carbonyl (C=O) groups excluding carboxylic acids is 1. The number of hydrogen-bond donors (Lipinski definition) is 4. The van der Waals surface area contributed by atoms with Crippen molar-refractivity contribution in [2.24, 2.45) is 0 Å². The second-order valence-corrected chi connectivity index (χ2v) is 11.8. The minimum absolute atomic E-state index is 0.309. The van der Waals surface area contributed by atoms with Crippen LogP contribution in [0.1, 0.15) is 41.2 Å². The third kappa shape index (κ3) is 6.76. The molecule has 12 heteroatoms. The molecule has 1 aliphatic rings. The van der Waals surface area contributed by atoms with Gasteiger partial charge in [0.2, 0.25) is 0 Å². The first-order chi connectivity index (χ1) is 21.9. The summed E-state index contributed by atoms with van der Waals surface area (Å²) >= 11 is 1.40. The SMILES string of the molecule is CCN1CCN(c2ccc(Nc3ncnc4c(C(=O)Nc5cccc(NCc6cccc(C)n6)c5C(C)=N)csc34)nc2)CC1. The molecule has 0 bridgehead atoms. The monoisotopic (exact) mass is 620 g/mol. The number of amides is 1. The zero-order valence-corrected chi connectivity index (χ0v) is 26.4. The summed E-state index contributed by atoms with van der Waals surface area (Å²) in [7, 11) is 0. The predicted molar refractivity (Wildman–Crippen MR) is 182 cm³/mol. The van der Waals surface area contributed by atoms with Crippen LogP contribution in [0.25, 0.3) is 10.2 Å². The molecule has 1 aromatic carbocycles. The highest BCUT2D eigenvalue weighted by Gasteiger charge is 2.20. The van der Waals surface area contributed by atoms with E-state index in [0.717, 1.165) is 60.2 Å². The summed E-state index contributed by atoms with van der Waals surface area (Å²) in [5.74, 6) is 0.950. The van der Waals surface area contributed by atoms with E-state index in [1.165, 1.54) is 17.7 Å². The topological polar surface area (TPSA) is 135 Å². The summed E-state index contributed by atoms with van der Waals surface area (Å²) in [4.78, 5) is 36.5. The quantitative estimate of drug-likeness (QED) is 0.140. The van der Waals surface area contributed by atoms with Crippen LogP contribution in [0.2, 0.25) is 0 Å². The number of hydrogen-bond acceptors (Lipinski definition) is 11. The molecule has 1 aliphatic heterocycles. The highest BCUT2D eigenvalue weighted by atomic mass is 32.1. The molecule has 11 nitrogen and oxygen atoms in total. The third-order valence-electron chi connectivity index (χ3n) is 7.87. The lowest BCUT2D eigenvalue weighted by Gasteiger charge is -2.35. The van der Waals surface area contributed by atoms with E-state index in [0.29, 0.717) is 46.2 Å². The number of carbonyl (C=O) groups is 1. The van der Waals surface area contributed by atoms with E-state index in [1.807, 2.05) is 49.5 Å². The van der Waals surface area contributed by atoms with Crippen LogP contribution >= 0.6 is 11.3 Å². The average molecular weight is 621 g/mol. The molecule has 0 spiro atoms. The molecule has 1 fully saturated rings. The van der Waals surface area contributed by atoms with E-state index < -0.39 is 0 Å². The largest absolute Gasteiger partial charge is 0.379 e. The number of anilines is 5. The molecule has 4 N–H and O–H groups in total. The molecule has 1 amide bonds. The Kier molecular flexibility index (Phi) is 8.94. The number of thiophene rings is 1. The van der Waals surface area contributed by atoms with E-state index in [9.17, 15) is 4.79 Å². The molecule has 4 aromatic heterocycles. The van der Waals surface area contributed by atoms with Crippen LogP contribution in [0.3, 0.4) is 0 Å². The zero-order chi connectivity index (χ0) is 31.3. The highest BCUT2D eigenvalue weighted by Crippen LogP contribution is 2.32. The van der Waals surface area contributed by atoms with Crippen molar-refractivity contribution in [3.05, 3.63) is 88.9 Å². The van der Waals surface area contributed by atoms with Gasteiger partial charge in [-0.25, -0.2) is 15.0 Å². The first-order valence-corrected chi connectivity index (χ1v) is 15.9. The first kappa shape index (κ1) is 30.1. The van der Waals surface area contributed by atoms with Crippen LogP contribution in [0.5, 0.6) is 0 Å². The van der Waals surface area contributed by atoms with Crippen molar-refractivity contribution < 1.29 is 4.79 Å². The number of pyridine rings is 2. The zero-order valence-electron chi connectivity index (χ0n) is 25.6. The second-order valence-electron chi connectivity index (χ2n) is 10.9. The number of aryl methyl sites for hydroxylation is 1. The normalized spacial score (nSPS) is 13.5. The maximum absolute atomic E-state index is 13.6. The minimum atomic E-state index is -0.309. The van der Waals surface area contributed by atoms with Gasteiger partial charge in [0, 0.05) is 54.2 Å². The molecule has 5 heterocycles. The summed E-state index contributed by atoms with van der Waals surface area (Å²) in [5, 5.41) is 20.0. The van der Waals surface area contributed by atoms with Gasteiger partial charge in [0.25, 0.3) is 5.91 Å². The smallest absolute Gasteiger partial charge is 0.258 e. The number of rotatable bonds is 10. The molecule has 6 rings (SSSR count). The average Bonchev–Trinajstić information content (AvgIpc) is 3.50. The van der Waals surface area contributed by atoms with Crippen molar-refractivity contribution in [1.82, 2.24) is 24.8 Å². The Morgan fingerprint density at radius 2 is 1.80 bits per heavy atom. The number of nitrogens with zero attached hydrogens (tertiary/aromatic N) is 6. The standard InChI is InChI=1S/C33H36N10OS/c1-4-42-13-15-43(16-14-42)24-11-12-28(36-18-24)41-32-31-30(37-20-38-32)25(19-45-31)33(44)40-27-10-6-9-26(29(27)22(3)34)35-17-23-8-5-7-21(2)39-23/h5-12,18-20,34-35H,4,13-17H2,1-3H3,(H,40,44)(H,36,37,38,41). The molecule has 0 radical (unpaired) electrons. The molecule has 0 aliphatic carbocycles. The van der Waals surface area contributed by atoms with Crippen molar-refractivity contribution in [3.8, 4) is 0 Å². The fourth-order valence-electron chi connectivity index (χ4n) is 5.47. The van der Waals surface area contributed by atoms with Crippen molar-refractivity contribution >= 4 is 61.9 Å². The van der Waals surface area contributed by atoms with E-state index in [1.54, 1.807) is 18.4 Å². The molecule has 0 unspecified atom stereocenters. The van der Waals surface area contributed by atoms with Crippen LogP contribution < -0.4 is 20.9 Å². The number of aromatic nitrogens is 4. The lowest BCUT2D eigenvalue weighted by molar-refractivity contribution is 0.102. The first-order valence-electron chi connectivity index (χ1n) is 15.0. The van der Waals surface area contributed by atoms with E-state index >= 15 is 0 Å². The maximum Gasteiger partial charge on any atom is 0.258 e. The minimum Gasteiger partial charge on any atom is -0.379 e. The number of benzene rings is 1. The Balaban J connectivity index is 1.17. The molecule has 45 heavy (non-hydrogen) atoms. The van der Waals surface area contributed by atoms with Gasteiger partial charge in [0.05, 0.1) is 45.6 Å². The van der Waals surface area contributed by atoms with Gasteiger partial charge in [0.15, 0.2) is 5.82 Å². The summed E-state index contributed by atoms with van der Waals surface area (Å²) < 4.78 is 0.758. The fourth-order valence-corrected chi connectivity index (χ4v) is 6.42. The van der Waals surface area contributed by atoms with Crippen molar-refractivity contribution in [3.63, 3.8) is 0 Å². The van der Waals surface area contributed by atoms with Gasteiger partial charge in [0.1, 0.15) is 12.1 Å². The lowest BCUT2D eigenvalue weighted by Crippen LogP contribution is -2.46. The van der Waals surface area contributed by atoms with Crippen molar-refractivity contribution in [1.29, 1.82) is 5.41 Å². The molecular formula is C33H36N10OS. The number of piperazine rings is 1. The lowest BCUT2D eigenvalue weighted by atomic mass is 10.1. The Hall–Kier alpha value is -4.94. The Morgan fingerprint density at radius 1 is 1.00 bits per heavy atom. The fraction of sp³-hybridized carbons (Fsp3) is 0.273. The van der Waals surface area contributed by atoms with Gasteiger partial charge in [-0.2, -0.15) is 0 Å². The molecule has 5 aromatic rings. The van der Waals surface area contributed by atoms with Gasteiger partial charge in [-0.1, -0.05) is 19.1 Å². The van der Waals surface area contributed by atoms with Crippen LogP contribution in [0.4, 0.5) is 28.7 Å². The Morgan fingerprint density at radius 3 is 2.53 bits per heavy atom. The molecule has 0 atom stereocenters. The maximum atomic E-state index is 13.6. The number of fused-ring (bicyclic) bond motifs is 1. The van der Waals surface area contributed by atoms with Gasteiger partial charge < -0.3 is 31.2 Å². The number of nitrogens with one attached hydrogen (secondary N) is 4. The van der Waals surface area contributed by atoms with Gasteiger partial charge in [-0.15, -0.1) is 11.3 Å². The van der Waals surface area contributed by atoms with Crippen LogP contribution in [0, 0.1) is 12.3 Å². The third-order valence-corrected chi connectivity index (χ3v) is 8.85. The van der Waals surface area contributed by atoms with E-state index in [-0.39, 0.29) is 5.91 Å². The second kappa shape index (κ2) is 13.4. The van der Waals surface area contributed by atoms with Crippen molar-refractivity contribution in [2.45, 2.75) is 27.3 Å². The predicted octanol–water partition coefficient (Wildman–Crippen LogP) is 5.93. The summed E-state index contributed by atoms with van der Waals surface area (Å²) in [6, 6.07) is 15.5. The van der Waals surface area contributed by atoms with Gasteiger partial charge >= 0.3 is 0 Å². The van der Waals surface area contributed by atoms with E-state index in [2.05, 4.69) is 58.7 Å². The number of likely N-dealkylation sites (N-methyl/N-ethyl adjacent to an activating group) is 1. The summed E-state index contributed by atoms with van der Waals surface area (Å²) in [6.07, 6.45) is 3.34. The molecular weight excluding hydrogens is 584 g/mol. The van der Waals surface area contributed by atoms with E-state index in [4.69, 9.17) is 5.41 Å². The highest BCUT2D eigenvalue weighted by molar-refractivity contribution is 7.18. The summed E-state index contributed by atoms with van der Waals surface area (Å²) in [5.41, 5.74) is 6.16.